The molecule has 1 rings (SSSR count). The number of aromatic nitrogens is 1. The van der Waals surface area contributed by atoms with Crippen LogP contribution in [0.5, 0.6) is 5.88 Å². The van der Waals surface area contributed by atoms with E-state index < -0.39 is 0 Å². The first-order chi connectivity index (χ1) is 4.75. The average molecular weight is 159 g/mol. The number of halogens is 1. The molecule has 3 heteroatoms. The zero-order valence-electron chi connectivity index (χ0n) is 5.97. The number of methoxy groups -OCH3 is 1. The predicted molar refractivity (Wildman–Crippen MR) is 39.2 cm³/mol. The van der Waals surface area contributed by atoms with Crippen LogP contribution >= 0.6 is 11.6 Å². The van der Waals surface area contributed by atoms with Crippen LogP contribution in [0.1, 0.15) is 0 Å². The normalized spacial score (nSPS) is 9.50. The summed E-state index contributed by atoms with van der Waals surface area (Å²) < 4.78 is 6.77. The average Bonchev–Trinajstić information content (AvgIpc) is 1.95. The highest BCUT2D eigenvalue weighted by molar-refractivity contribution is 6.28. The van der Waals surface area contributed by atoms with Crippen molar-refractivity contribution in [2.45, 2.75) is 0 Å². The fourth-order valence-corrected chi connectivity index (χ4v) is 0.900. The molecule has 10 heavy (non-hydrogen) atoms. The van der Waals surface area contributed by atoms with Gasteiger partial charge in [-0.3, -0.25) is 0 Å². The Kier molecular flexibility index (Phi) is 2.12. The molecule has 0 aliphatic rings. The lowest BCUT2D eigenvalue weighted by Crippen LogP contribution is -2.31. The van der Waals surface area contributed by atoms with Gasteiger partial charge >= 0.3 is 5.88 Å². The summed E-state index contributed by atoms with van der Waals surface area (Å²) in [6.07, 6.45) is 0. The Hall–Kier alpha value is -0.760. The molecule has 0 spiro atoms. The van der Waals surface area contributed by atoms with Crippen molar-refractivity contribution >= 4 is 11.6 Å². The van der Waals surface area contributed by atoms with Crippen molar-refractivity contribution in [3.8, 4) is 5.88 Å². The summed E-state index contributed by atoms with van der Waals surface area (Å²) in [5, 5.41) is 0.666. The van der Waals surface area contributed by atoms with E-state index in [0.29, 0.717) is 5.15 Å². The number of rotatable bonds is 1. The quantitative estimate of drug-likeness (QED) is 0.442. The molecule has 1 aromatic heterocycles. The Morgan fingerprint density at radius 2 is 2.20 bits per heavy atom. The molecule has 2 nitrogen and oxygen atoms in total. The highest BCUT2D eigenvalue weighted by atomic mass is 35.5. The van der Waals surface area contributed by atoms with Crippen LogP contribution in [-0.2, 0) is 7.05 Å². The van der Waals surface area contributed by atoms with Crippen molar-refractivity contribution in [2.24, 2.45) is 7.05 Å². The van der Waals surface area contributed by atoms with Gasteiger partial charge in [0.1, 0.15) is 7.05 Å². The summed E-state index contributed by atoms with van der Waals surface area (Å²) >= 11 is 5.78. The van der Waals surface area contributed by atoms with Crippen molar-refractivity contribution in [1.29, 1.82) is 0 Å². The Morgan fingerprint density at radius 3 is 2.70 bits per heavy atom. The van der Waals surface area contributed by atoms with E-state index in [-0.39, 0.29) is 0 Å². The Bertz CT molecular complexity index is 237. The van der Waals surface area contributed by atoms with E-state index in [9.17, 15) is 0 Å². The zero-order chi connectivity index (χ0) is 7.56. The van der Waals surface area contributed by atoms with Crippen LogP contribution in [0.4, 0.5) is 0 Å². The molecule has 0 unspecified atom stereocenters. The monoisotopic (exact) mass is 158 g/mol. The van der Waals surface area contributed by atoms with Gasteiger partial charge in [-0.15, -0.1) is 0 Å². The van der Waals surface area contributed by atoms with E-state index in [4.69, 9.17) is 16.3 Å². The summed E-state index contributed by atoms with van der Waals surface area (Å²) in [5.74, 6) is 0.757. The summed E-state index contributed by atoms with van der Waals surface area (Å²) in [5.41, 5.74) is 0. The summed E-state index contributed by atoms with van der Waals surface area (Å²) in [6, 6.07) is 5.51. The molecule has 0 fully saturated rings. The Morgan fingerprint density at radius 1 is 1.50 bits per heavy atom. The first kappa shape index (κ1) is 7.35. The van der Waals surface area contributed by atoms with Gasteiger partial charge in [-0.25, -0.2) is 0 Å². The number of hydrogen-bond acceptors (Lipinski definition) is 1. The third kappa shape index (κ3) is 1.21. The zero-order valence-corrected chi connectivity index (χ0v) is 6.72. The molecule has 0 aliphatic heterocycles. The van der Waals surface area contributed by atoms with Crippen LogP contribution in [0.3, 0.4) is 0 Å². The fourth-order valence-electron chi connectivity index (χ4n) is 0.744. The number of nitrogens with zero attached hydrogens (tertiary/aromatic N) is 1. The third-order valence-corrected chi connectivity index (χ3v) is 1.71. The smallest absolute Gasteiger partial charge is 0.368 e. The van der Waals surface area contributed by atoms with Gasteiger partial charge in [0.2, 0.25) is 0 Å². The van der Waals surface area contributed by atoms with Gasteiger partial charge in [0.15, 0.2) is 0 Å². The lowest BCUT2D eigenvalue weighted by Gasteiger charge is -1.96. The lowest BCUT2D eigenvalue weighted by atomic mass is 10.5. The standard InChI is InChI=1S/C7H9ClNO/c1-9-6(8)4-3-5-7(9)10-2/h3-5H,1-2H3/q+1. The van der Waals surface area contributed by atoms with E-state index >= 15 is 0 Å². The van der Waals surface area contributed by atoms with Crippen molar-refractivity contribution in [1.82, 2.24) is 0 Å². The Balaban J connectivity index is 3.14. The maximum absolute atomic E-state index is 5.78. The molecular weight excluding hydrogens is 150 g/mol. The van der Waals surface area contributed by atoms with E-state index in [1.54, 1.807) is 11.7 Å². The molecule has 1 aromatic rings. The van der Waals surface area contributed by atoms with E-state index in [1.807, 2.05) is 25.2 Å². The molecule has 0 bridgehead atoms. The van der Waals surface area contributed by atoms with Crippen LogP contribution < -0.4 is 9.30 Å². The molecule has 0 radical (unpaired) electrons. The van der Waals surface area contributed by atoms with Gasteiger partial charge in [0, 0.05) is 6.07 Å². The first-order valence-corrected chi connectivity index (χ1v) is 3.32. The van der Waals surface area contributed by atoms with Gasteiger partial charge in [0.05, 0.1) is 13.2 Å². The summed E-state index contributed by atoms with van der Waals surface area (Å²) in [4.78, 5) is 0. The van der Waals surface area contributed by atoms with Crippen LogP contribution in [-0.4, -0.2) is 7.11 Å². The summed E-state index contributed by atoms with van der Waals surface area (Å²) in [7, 11) is 3.47. The minimum atomic E-state index is 0.666. The highest BCUT2D eigenvalue weighted by Crippen LogP contribution is 2.06. The molecule has 0 amide bonds. The van der Waals surface area contributed by atoms with Gasteiger partial charge in [0.25, 0.3) is 5.15 Å². The predicted octanol–water partition coefficient (Wildman–Crippen LogP) is 1.17. The second-order valence-electron chi connectivity index (χ2n) is 1.95. The molecule has 0 aromatic carbocycles. The maximum atomic E-state index is 5.78. The van der Waals surface area contributed by atoms with E-state index in [0.717, 1.165) is 5.88 Å². The second kappa shape index (κ2) is 2.88. The van der Waals surface area contributed by atoms with Crippen LogP contribution in [0.15, 0.2) is 18.2 Å². The maximum Gasteiger partial charge on any atom is 0.368 e. The van der Waals surface area contributed by atoms with Crippen LogP contribution in [0.2, 0.25) is 5.15 Å². The fraction of sp³-hybridized carbons (Fsp3) is 0.286. The Labute approximate surface area is 65.0 Å². The topological polar surface area (TPSA) is 13.1 Å². The minimum Gasteiger partial charge on any atom is -0.448 e. The van der Waals surface area contributed by atoms with Crippen LogP contribution in [0.25, 0.3) is 0 Å². The molecule has 0 atom stereocenters. The van der Waals surface area contributed by atoms with Crippen LogP contribution in [0, 0.1) is 0 Å². The van der Waals surface area contributed by atoms with E-state index in [1.165, 1.54) is 0 Å². The van der Waals surface area contributed by atoms with Gasteiger partial charge in [-0.1, -0.05) is 0 Å². The molecule has 0 saturated heterocycles. The van der Waals surface area contributed by atoms with Crippen molar-refractivity contribution in [2.75, 3.05) is 7.11 Å². The SMILES string of the molecule is COc1cccc(Cl)[n+]1C. The molecule has 1 heterocycles. The second-order valence-corrected chi connectivity index (χ2v) is 2.34. The van der Waals surface area contributed by atoms with Crippen molar-refractivity contribution in [3.05, 3.63) is 23.4 Å². The molecule has 0 aliphatic carbocycles. The number of ether oxygens (including phenoxy) is 1. The van der Waals surface area contributed by atoms with Crippen molar-refractivity contribution < 1.29 is 9.30 Å². The highest BCUT2D eigenvalue weighted by Gasteiger charge is 2.08. The van der Waals surface area contributed by atoms with E-state index in [2.05, 4.69) is 0 Å². The molecule has 54 valence electrons. The number of hydrogen-bond donors (Lipinski definition) is 0. The van der Waals surface area contributed by atoms with Gasteiger partial charge in [-0.05, 0) is 17.7 Å². The largest absolute Gasteiger partial charge is 0.448 e. The number of pyridine rings is 1. The third-order valence-electron chi connectivity index (χ3n) is 1.33. The van der Waals surface area contributed by atoms with Crippen molar-refractivity contribution in [3.63, 3.8) is 0 Å². The summed E-state index contributed by atoms with van der Waals surface area (Å²) in [6.45, 7) is 0. The molecular formula is C7H9ClNO+. The first-order valence-electron chi connectivity index (χ1n) is 2.94. The molecule has 0 saturated carbocycles. The molecule has 0 N–H and O–H groups in total. The minimum absolute atomic E-state index is 0.666. The lowest BCUT2D eigenvalue weighted by molar-refractivity contribution is -0.674. The van der Waals surface area contributed by atoms with Gasteiger partial charge in [-0.2, -0.15) is 4.57 Å². The van der Waals surface area contributed by atoms with Gasteiger partial charge < -0.3 is 4.74 Å².